The molecule has 1 amide bonds. The van der Waals surface area contributed by atoms with Crippen molar-refractivity contribution in [2.45, 2.75) is 78.9 Å². The molecule has 0 heterocycles. The molecule has 0 bridgehead atoms. The molecular weight excluding hydrogens is 312 g/mol. The zero-order valence-corrected chi connectivity index (χ0v) is 16.6. The van der Waals surface area contributed by atoms with Gasteiger partial charge in [0.1, 0.15) is 5.60 Å². The minimum absolute atomic E-state index is 0.316. The number of carbonyl (C=O) groups excluding carboxylic acids is 1. The van der Waals surface area contributed by atoms with Crippen LogP contribution >= 0.6 is 0 Å². The quantitative estimate of drug-likeness (QED) is 0.700. The molecule has 140 valence electrons. The Hall–Kier alpha value is -1.71. The number of benzene rings is 1. The van der Waals surface area contributed by atoms with E-state index in [4.69, 9.17) is 4.74 Å². The van der Waals surface area contributed by atoms with Crippen molar-refractivity contribution < 1.29 is 9.53 Å². The normalized spacial score (nSPS) is 21.5. The van der Waals surface area contributed by atoms with Gasteiger partial charge in [0.15, 0.2) is 0 Å². The number of ether oxygens (including phenoxy) is 1. The van der Waals surface area contributed by atoms with Gasteiger partial charge in [-0.2, -0.15) is 0 Å². The van der Waals surface area contributed by atoms with Crippen LogP contribution in [0.15, 0.2) is 24.3 Å². The molecule has 0 saturated heterocycles. The van der Waals surface area contributed by atoms with Crippen LogP contribution in [-0.2, 0) is 4.74 Å². The molecule has 4 nitrogen and oxygen atoms in total. The molecule has 25 heavy (non-hydrogen) atoms. The Bertz CT molecular complexity index is 567. The van der Waals surface area contributed by atoms with Crippen LogP contribution in [0.3, 0.4) is 0 Å². The van der Waals surface area contributed by atoms with E-state index in [0.29, 0.717) is 17.4 Å². The summed E-state index contributed by atoms with van der Waals surface area (Å²) in [6.45, 7) is 12.6. The van der Waals surface area contributed by atoms with E-state index < -0.39 is 11.7 Å². The van der Waals surface area contributed by atoms with E-state index in [0.717, 1.165) is 11.4 Å². The van der Waals surface area contributed by atoms with Gasteiger partial charge in [0.2, 0.25) is 0 Å². The first kappa shape index (κ1) is 19.6. The van der Waals surface area contributed by atoms with Gasteiger partial charge in [-0.25, -0.2) is 4.79 Å². The van der Waals surface area contributed by atoms with Crippen LogP contribution in [0.2, 0.25) is 0 Å². The second kappa shape index (κ2) is 7.67. The monoisotopic (exact) mass is 346 g/mol. The Morgan fingerprint density at radius 3 is 2.08 bits per heavy atom. The number of hydrogen-bond donors (Lipinski definition) is 2. The number of hydrogen-bond acceptors (Lipinski definition) is 3. The van der Waals surface area contributed by atoms with Crippen LogP contribution in [0.4, 0.5) is 16.2 Å². The first-order valence-electron chi connectivity index (χ1n) is 9.41. The average molecular weight is 347 g/mol. The molecule has 0 aliphatic heterocycles. The third kappa shape index (κ3) is 6.26. The Morgan fingerprint density at radius 2 is 1.52 bits per heavy atom. The molecule has 0 aromatic heterocycles. The highest BCUT2D eigenvalue weighted by molar-refractivity contribution is 5.85. The van der Waals surface area contributed by atoms with E-state index in [9.17, 15) is 4.79 Å². The molecule has 1 aromatic carbocycles. The van der Waals surface area contributed by atoms with Crippen molar-refractivity contribution in [3.8, 4) is 0 Å². The first-order valence-corrected chi connectivity index (χ1v) is 9.41. The molecule has 2 rings (SSSR count). The summed E-state index contributed by atoms with van der Waals surface area (Å²) in [4.78, 5) is 11.8. The van der Waals surface area contributed by atoms with Gasteiger partial charge in [0.25, 0.3) is 0 Å². The minimum Gasteiger partial charge on any atom is -0.444 e. The van der Waals surface area contributed by atoms with Crippen LogP contribution in [0.1, 0.15) is 67.2 Å². The number of amides is 1. The molecule has 1 fully saturated rings. The number of carbonyl (C=O) groups is 1. The Labute approximate surface area is 152 Å². The summed E-state index contributed by atoms with van der Waals surface area (Å²) in [6.07, 6.45) is 4.72. The smallest absolute Gasteiger partial charge is 0.412 e. The van der Waals surface area contributed by atoms with Gasteiger partial charge in [-0.3, -0.25) is 5.32 Å². The highest BCUT2D eigenvalue weighted by Crippen LogP contribution is 2.39. The average Bonchev–Trinajstić information content (AvgIpc) is 2.47. The summed E-state index contributed by atoms with van der Waals surface area (Å²) >= 11 is 0. The summed E-state index contributed by atoms with van der Waals surface area (Å²) in [6, 6.07) is 8.41. The molecule has 4 heteroatoms. The van der Waals surface area contributed by atoms with E-state index >= 15 is 0 Å². The number of nitrogens with one attached hydrogen (secondary N) is 2. The minimum atomic E-state index is -0.492. The second-order valence-electron chi connectivity index (χ2n) is 9.21. The van der Waals surface area contributed by atoms with Crippen molar-refractivity contribution in [1.29, 1.82) is 0 Å². The fraction of sp³-hybridized carbons (Fsp3) is 0.667. The molecule has 1 aliphatic carbocycles. The van der Waals surface area contributed by atoms with Crippen molar-refractivity contribution in [3.63, 3.8) is 0 Å². The molecule has 2 N–H and O–H groups in total. The predicted octanol–water partition coefficient (Wildman–Crippen LogP) is 6.05. The lowest BCUT2D eigenvalue weighted by Crippen LogP contribution is -2.39. The first-order chi connectivity index (χ1) is 11.5. The van der Waals surface area contributed by atoms with E-state index in [1.807, 2.05) is 45.0 Å². The molecule has 1 aromatic rings. The highest BCUT2D eigenvalue weighted by atomic mass is 16.6. The van der Waals surface area contributed by atoms with Crippen molar-refractivity contribution >= 4 is 17.5 Å². The Morgan fingerprint density at radius 1 is 0.960 bits per heavy atom. The van der Waals surface area contributed by atoms with E-state index in [1.165, 1.54) is 25.7 Å². The molecule has 1 aliphatic rings. The lowest BCUT2D eigenvalue weighted by atomic mass is 9.69. The number of rotatable bonds is 3. The van der Waals surface area contributed by atoms with Crippen LogP contribution in [-0.4, -0.2) is 17.7 Å². The van der Waals surface area contributed by atoms with Crippen molar-refractivity contribution in [2.75, 3.05) is 10.6 Å². The second-order valence-corrected chi connectivity index (χ2v) is 9.21. The van der Waals surface area contributed by atoms with Crippen molar-refractivity contribution in [2.24, 2.45) is 11.3 Å². The largest absolute Gasteiger partial charge is 0.444 e. The molecule has 2 unspecified atom stereocenters. The van der Waals surface area contributed by atoms with Crippen LogP contribution in [0.25, 0.3) is 0 Å². The van der Waals surface area contributed by atoms with Gasteiger partial charge < -0.3 is 10.1 Å². The molecule has 0 spiro atoms. The maximum atomic E-state index is 11.8. The van der Waals surface area contributed by atoms with E-state index in [-0.39, 0.29) is 0 Å². The predicted molar refractivity (Wildman–Crippen MR) is 105 cm³/mol. The van der Waals surface area contributed by atoms with Gasteiger partial charge in [0.05, 0.1) is 0 Å². The Balaban J connectivity index is 1.96. The van der Waals surface area contributed by atoms with Crippen LogP contribution < -0.4 is 10.6 Å². The maximum absolute atomic E-state index is 11.8. The van der Waals surface area contributed by atoms with Crippen molar-refractivity contribution in [3.05, 3.63) is 24.3 Å². The van der Waals surface area contributed by atoms with E-state index in [1.54, 1.807) is 0 Å². The zero-order chi connectivity index (χ0) is 18.7. The van der Waals surface area contributed by atoms with Crippen LogP contribution in [0, 0.1) is 11.3 Å². The van der Waals surface area contributed by atoms with Gasteiger partial charge in [-0.1, -0.05) is 33.6 Å². The summed E-state index contributed by atoms with van der Waals surface area (Å²) in [5.41, 5.74) is 1.68. The summed E-state index contributed by atoms with van der Waals surface area (Å²) in [7, 11) is 0. The molecular formula is C21H34N2O2. The fourth-order valence-corrected chi connectivity index (χ4v) is 3.63. The zero-order valence-electron chi connectivity index (χ0n) is 16.6. The van der Waals surface area contributed by atoms with Gasteiger partial charge >= 0.3 is 6.09 Å². The lowest BCUT2D eigenvalue weighted by molar-refractivity contribution is 0.0636. The van der Waals surface area contributed by atoms with E-state index in [2.05, 4.69) is 31.4 Å². The summed E-state index contributed by atoms with van der Waals surface area (Å²) in [5.74, 6) is 0.681. The topological polar surface area (TPSA) is 50.4 Å². The maximum Gasteiger partial charge on any atom is 0.412 e. The molecule has 2 atom stereocenters. The van der Waals surface area contributed by atoms with Gasteiger partial charge in [-0.15, -0.1) is 0 Å². The fourth-order valence-electron chi connectivity index (χ4n) is 3.63. The lowest BCUT2D eigenvalue weighted by Gasteiger charge is -2.41. The number of anilines is 2. The summed E-state index contributed by atoms with van der Waals surface area (Å²) in [5, 5.41) is 6.49. The third-order valence-corrected chi connectivity index (χ3v) is 4.76. The molecule has 1 saturated carbocycles. The van der Waals surface area contributed by atoms with Crippen molar-refractivity contribution in [1.82, 2.24) is 0 Å². The molecule has 0 radical (unpaired) electrons. The standard InChI is InChI=1S/C21H34N2O2/c1-20(2,3)17-9-7-8-10-18(17)22-15-11-13-16(14-12-15)23-19(24)25-21(4,5)6/h11-14,17-18,22H,7-10H2,1-6H3,(H,23,24). The van der Waals surface area contributed by atoms with Crippen LogP contribution in [0.5, 0.6) is 0 Å². The Kier molecular flexibility index (Phi) is 6.02. The van der Waals surface area contributed by atoms with Gasteiger partial charge in [-0.05, 0) is 69.2 Å². The highest BCUT2D eigenvalue weighted by Gasteiger charge is 2.33. The van der Waals surface area contributed by atoms with Gasteiger partial charge in [0, 0.05) is 17.4 Å². The summed E-state index contributed by atoms with van der Waals surface area (Å²) < 4.78 is 5.28. The third-order valence-electron chi connectivity index (χ3n) is 4.76. The SMILES string of the molecule is CC(C)(C)OC(=O)Nc1ccc(NC2CCCCC2C(C)(C)C)cc1.